The molecule has 1 amide bonds. The van der Waals surface area contributed by atoms with Gasteiger partial charge in [0.2, 0.25) is 5.91 Å². The first-order chi connectivity index (χ1) is 7.73. The lowest BCUT2D eigenvalue weighted by Gasteiger charge is -2.32. The molecule has 1 unspecified atom stereocenters. The van der Waals surface area contributed by atoms with Crippen LogP contribution in [0.25, 0.3) is 0 Å². The summed E-state index contributed by atoms with van der Waals surface area (Å²) in [6, 6.07) is -0.759. The maximum atomic E-state index is 12.2. The Morgan fingerprint density at radius 2 is 2.06 bits per heavy atom. The summed E-state index contributed by atoms with van der Waals surface area (Å²) >= 11 is 0. The third kappa shape index (κ3) is 3.43. The second kappa shape index (κ2) is 5.04. The number of hydrogen-bond acceptors (Lipinski definition) is 3. The lowest BCUT2D eigenvalue weighted by Crippen LogP contribution is -2.52. The van der Waals surface area contributed by atoms with Crippen molar-refractivity contribution in [1.82, 2.24) is 4.90 Å². The highest BCUT2D eigenvalue weighted by Gasteiger charge is 2.37. The molecule has 1 saturated heterocycles. The summed E-state index contributed by atoms with van der Waals surface area (Å²) in [4.78, 5) is 24.6. The van der Waals surface area contributed by atoms with Crippen LogP contribution in [0.15, 0.2) is 0 Å². The quantitative estimate of drug-likeness (QED) is 0.767. The number of likely N-dealkylation sites (tertiary alicyclic amines) is 1. The first-order valence-corrected chi connectivity index (χ1v) is 6.01. The van der Waals surface area contributed by atoms with Gasteiger partial charge in [-0.05, 0) is 18.3 Å². The van der Waals surface area contributed by atoms with Gasteiger partial charge in [-0.2, -0.15) is 0 Å². The maximum absolute atomic E-state index is 12.2. The fourth-order valence-electron chi connectivity index (χ4n) is 2.09. The van der Waals surface area contributed by atoms with Crippen molar-refractivity contribution in [2.45, 2.75) is 52.1 Å². The van der Waals surface area contributed by atoms with Crippen LogP contribution in [0, 0.1) is 5.41 Å². The van der Waals surface area contributed by atoms with Crippen molar-refractivity contribution in [1.29, 1.82) is 0 Å². The molecule has 17 heavy (non-hydrogen) atoms. The lowest BCUT2D eigenvalue weighted by molar-refractivity contribution is -0.141. The molecule has 0 aromatic carbocycles. The van der Waals surface area contributed by atoms with Crippen LogP contribution in [0.1, 0.15) is 40.0 Å². The Hall–Kier alpha value is -1.10. The van der Waals surface area contributed by atoms with E-state index in [2.05, 4.69) is 0 Å². The average Bonchev–Trinajstić information content (AvgIpc) is 2.61. The highest BCUT2D eigenvalue weighted by Crippen LogP contribution is 2.25. The van der Waals surface area contributed by atoms with E-state index in [4.69, 9.17) is 10.8 Å². The Morgan fingerprint density at radius 1 is 1.47 bits per heavy atom. The van der Waals surface area contributed by atoms with Crippen molar-refractivity contribution in [3.05, 3.63) is 0 Å². The summed E-state index contributed by atoms with van der Waals surface area (Å²) in [5, 5.41) is 8.80. The van der Waals surface area contributed by atoms with Crippen molar-refractivity contribution < 1.29 is 14.7 Å². The number of nitrogens with zero attached hydrogens (tertiary/aromatic N) is 1. The monoisotopic (exact) mass is 242 g/mol. The van der Waals surface area contributed by atoms with Crippen LogP contribution < -0.4 is 5.73 Å². The van der Waals surface area contributed by atoms with Crippen molar-refractivity contribution in [2.75, 3.05) is 6.54 Å². The summed E-state index contributed by atoms with van der Waals surface area (Å²) in [5.74, 6) is -0.986. The predicted molar refractivity (Wildman–Crippen MR) is 64.4 cm³/mol. The summed E-state index contributed by atoms with van der Waals surface area (Å²) in [7, 11) is 0. The van der Waals surface area contributed by atoms with Gasteiger partial charge in [0.1, 0.15) is 0 Å². The third-order valence-electron chi connectivity index (χ3n) is 3.27. The summed E-state index contributed by atoms with van der Waals surface area (Å²) in [6.45, 7) is 6.37. The van der Waals surface area contributed by atoms with Gasteiger partial charge < -0.3 is 15.7 Å². The predicted octanol–water partition coefficient (Wildman–Crippen LogP) is 0.825. The first-order valence-electron chi connectivity index (χ1n) is 6.01. The van der Waals surface area contributed by atoms with Gasteiger partial charge in [-0.15, -0.1) is 0 Å². The summed E-state index contributed by atoms with van der Waals surface area (Å²) in [5.41, 5.74) is 5.63. The Kier molecular flexibility index (Phi) is 4.14. The summed E-state index contributed by atoms with van der Waals surface area (Å²) < 4.78 is 0. The first kappa shape index (κ1) is 14.0. The Balaban J connectivity index is 2.71. The molecule has 1 aliphatic heterocycles. The smallest absolute Gasteiger partial charge is 0.305 e. The molecule has 0 bridgehead atoms. The molecule has 1 aliphatic rings. The number of carbonyl (C=O) groups excluding carboxylic acids is 1. The minimum atomic E-state index is -0.862. The van der Waals surface area contributed by atoms with Crippen LogP contribution in [-0.2, 0) is 9.59 Å². The molecule has 1 heterocycles. The fourth-order valence-corrected chi connectivity index (χ4v) is 2.09. The molecular weight excluding hydrogens is 220 g/mol. The SMILES string of the molecule is CC(C)(C)[C@@H](N)C(=O)N1CCCC1CC(=O)O. The number of hydrogen-bond donors (Lipinski definition) is 2. The fraction of sp³-hybridized carbons (Fsp3) is 0.833. The van der Waals surface area contributed by atoms with Crippen LogP contribution in [-0.4, -0.2) is 40.5 Å². The Morgan fingerprint density at radius 3 is 2.53 bits per heavy atom. The normalized spacial score (nSPS) is 22.6. The Bertz CT molecular complexity index is 309. The van der Waals surface area contributed by atoms with Crippen LogP contribution in [0.3, 0.4) is 0 Å². The molecule has 1 rings (SSSR count). The molecule has 2 atom stereocenters. The van der Waals surface area contributed by atoms with E-state index in [1.165, 1.54) is 0 Å². The average molecular weight is 242 g/mol. The van der Waals surface area contributed by atoms with Gasteiger partial charge in [0.15, 0.2) is 0 Å². The summed E-state index contributed by atoms with van der Waals surface area (Å²) in [6.07, 6.45) is 1.64. The van der Waals surface area contributed by atoms with Gasteiger partial charge >= 0.3 is 5.97 Å². The zero-order valence-electron chi connectivity index (χ0n) is 10.8. The van der Waals surface area contributed by atoms with Crippen molar-refractivity contribution >= 4 is 11.9 Å². The molecule has 1 fully saturated rings. The minimum absolute atomic E-state index is 0.0165. The van der Waals surface area contributed by atoms with Gasteiger partial charge in [-0.1, -0.05) is 20.8 Å². The molecule has 0 saturated carbocycles. The third-order valence-corrected chi connectivity index (χ3v) is 3.27. The molecule has 0 aromatic heterocycles. The zero-order valence-corrected chi connectivity index (χ0v) is 10.8. The van der Waals surface area contributed by atoms with E-state index in [9.17, 15) is 9.59 Å². The van der Waals surface area contributed by atoms with E-state index in [-0.39, 0.29) is 23.8 Å². The number of aliphatic carboxylic acids is 1. The number of carboxylic acid groups (broad SMARTS) is 1. The van der Waals surface area contributed by atoms with Gasteiger partial charge in [0.25, 0.3) is 0 Å². The zero-order chi connectivity index (χ0) is 13.2. The van der Waals surface area contributed by atoms with Gasteiger partial charge in [-0.3, -0.25) is 9.59 Å². The molecule has 5 heteroatoms. The van der Waals surface area contributed by atoms with Crippen molar-refractivity contribution in [3.8, 4) is 0 Å². The topological polar surface area (TPSA) is 83.6 Å². The van der Waals surface area contributed by atoms with E-state index in [1.807, 2.05) is 20.8 Å². The molecule has 0 aromatic rings. The standard InChI is InChI=1S/C12H22N2O3/c1-12(2,3)10(13)11(17)14-6-4-5-8(14)7-9(15)16/h8,10H,4-7,13H2,1-3H3,(H,15,16)/t8?,10-/m0/s1. The molecule has 0 radical (unpaired) electrons. The van der Waals surface area contributed by atoms with E-state index >= 15 is 0 Å². The number of carboxylic acids is 1. The molecule has 5 nitrogen and oxygen atoms in total. The second-order valence-corrected chi connectivity index (χ2v) is 5.77. The van der Waals surface area contributed by atoms with Crippen LogP contribution >= 0.6 is 0 Å². The largest absolute Gasteiger partial charge is 0.481 e. The number of amides is 1. The minimum Gasteiger partial charge on any atom is -0.481 e. The van der Waals surface area contributed by atoms with E-state index in [0.717, 1.165) is 12.8 Å². The maximum Gasteiger partial charge on any atom is 0.305 e. The van der Waals surface area contributed by atoms with Gasteiger partial charge in [0, 0.05) is 12.6 Å². The second-order valence-electron chi connectivity index (χ2n) is 5.77. The van der Waals surface area contributed by atoms with Gasteiger partial charge in [-0.25, -0.2) is 0 Å². The lowest BCUT2D eigenvalue weighted by atomic mass is 9.86. The molecular formula is C12H22N2O3. The van der Waals surface area contributed by atoms with Crippen LogP contribution in [0.2, 0.25) is 0 Å². The van der Waals surface area contributed by atoms with Gasteiger partial charge in [0.05, 0.1) is 12.5 Å². The number of carbonyl (C=O) groups is 2. The molecule has 3 N–H and O–H groups in total. The Labute approximate surface area is 102 Å². The van der Waals surface area contributed by atoms with Crippen molar-refractivity contribution in [2.24, 2.45) is 11.1 Å². The highest BCUT2D eigenvalue weighted by atomic mass is 16.4. The van der Waals surface area contributed by atoms with Crippen LogP contribution in [0.4, 0.5) is 0 Å². The van der Waals surface area contributed by atoms with Crippen molar-refractivity contribution in [3.63, 3.8) is 0 Å². The molecule has 98 valence electrons. The van der Waals surface area contributed by atoms with E-state index < -0.39 is 12.0 Å². The van der Waals surface area contributed by atoms with E-state index in [0.29, 0.717) is 6.54 Å². The van der Waals surface area contributed by atoms with E-state index in [1.54, 1.807) is 4.90 Å². The number of nitrogens with two attached hydrogens (primary N) is 1. The molecule has 0 aliphatic carbocycles. The van der Waals surface area contributed by atoms with Crippen LogP contribution in [0.5, 0.6) is 0 Å². The highest BCUT2D eigenvalue weighted by molar-refractivity contribution is 5.83. The molecule has 0 spiro atoms. The number of rotatable bonds is 3.